The van der Waals surface area contributed by atoms with Gasteiger partial charge in [0.05, 0.1) is 24.9 Å². The highest BCUT2D eigenvalue weighted by molar-refractivity contribution is 5.72. The van der Waals surface area contributed by atoms with Crippen LogP contribution in [0.4, 0.5) is 8.78 Å². The van der Waals surface area contributed by atoms with Gasteiger partial charge in [-0.1, -0.05) is 18.2 Å². The van der Waals surface area contributed by atoms with Crippen molar-refractivity contribution in [3.8, 4) is 23.1 Å². The summed E-state index contributed by atoms with van der Waals surface area (Å²) in [4.78, 5) is 33.6. The van der Waals surface area contributed by atoms with Gasteiger partial charge in [0.2, 0.25) is 5.88 Å². The first-order valence-corrected chi connectivity index (χ1v) is 13.8. The summed E-state index contributed by atoms with van der Waals surface area (Å²) in [5, 5.41) is 0. The summed E-state index contributed by atoms with van der Waals surface area (Å²) in [7, 11) is 1.34. The molecule has 0 atom stereocenters. The number of benzene rings is 2. The van der Waals surface area contributed by atoms with Crippen molar-refractivity contribution in [2.75, 3.05) is 7.11 Å². The number of H-pyrrole nitrogens is 1. The van der Waals surface area contributed by atoms with Gasteiger partial charge in [-0.15, -0.1) is 0 Å². The van der Waals surface area contributed by atoms with Crippen LogP contribution in [-0.4, -0.2) is 28.0 Å². The number of pyridine rings is 3. The van der Waals surface area contributed by atoms with Crippen LogP contribution in [0.1, 0.15) is 28.1 Å². The number of hydrogen-bond acceptors (Lipinski definition) is 8. The number of carbonyl (C=O) groups is 1. The van der Waals surface area contributed by atoms with Gasteiger partial charge in [0, 0.05) is 42.9 Å². The average Bonchev–Trinajstić information content (AvgIpc) is 3.02. The molecule has 0 aliphatic rings. The largest absolute Gasteiger partial charge is 0.484 e. The fourth-order valence-electron chi connectivity index (χ4n) is 3.86. The van der Waals surface area contributed by atoms with E-state index >= 15 is 0 Å². The zero-order valence-electron chi connectivity index (χ0n) is 24.9. The maximum atomic E-state index is 13.8. The van der Waals surface area contributed by atoms with Crippen molar-refractivity contribution in [1.82, 2.24) is 15.0 Å². The first-order chi connectivity index (χ1) is 21.7. The molecule has 5 aromatic rings. The molecule has 0 amide bonds. The fraction of sp³-hybridized carbons (Fsp3) is 0.176. The number of esters is 1. The zero-order valence-corrected chi connectivity index (χ0v) is 24.9. The average molecular weight is 616 g/mol. The summed E-state index contributed by atoms with van der Waals surface area (Å²) in [6.07, 6.45) is 4.81. The van der Waals surface area contributed by atoms with E-state index in [0.717, 1.165) is 16.7 Å². The molecule has 0 spiro atoms. The van der Waals surface area contributed by atoms with E-state index in [1.165, 1.54) is 37.6 Å². The Balaban J connectivity index is 0.000000231. The van der Waals surface area contributed by atoms with Crippen LogP contribution < -0.4 is 19.6 Å². The monoisotopic (exact) mass is 615 g/mol. The number of aromatic nitrogens is 3. The third kappa shape index (κ3) is 10.3. The van der Waals surface area contributed by atoms with Crippen molar-refractivity contribution >= 4 is 5.97 Å². The van der Waals surface area contributed by atoms with Gasteiger partial charge >= 0.3 is 5.97 Å². The minimum atomic E-state index is -0.413. The molecule has 5 rings (SSSR count). The molecule has 0 bridgehead atoms. The van der Waals surface area contributed by atoms with Gasteiger partial charge in [0.1, 0.15) is 19.0 Å². The molecule has 45 heavy (non-hydrogen) atoms. The van der Waals surface area contributed by atoms with Gasteiger partial charge in [-0.3, -0.25) is 14.6 Å². The Hall–Kier alpha value is -5.58. The maximum absolute atomic E-state index is 13.8. The van der Waals surface area contributed by atoms with Crippen molar-refractivity contribution in [2.24, 2.45) is 0 Å². The molecule has 3 aromatic heterocycles. The van der Waals surface area contributed by atoms with Gasteiger partial charge in [-0.05, 0) is 60.9 Å². The van der Waals surface area contributed by atoms with Crippen molar-refractivity contribution in [3.63, 3.8) is 0 Å². The SMILES string of the molecule is COC(=O)Cc1ccc(Oc2ccnc(COc3ccc(C)cc3F)c2)nc1.Cc1ccc(OCc2cc(=O)cc[nH]2)c(F)c1. The van der Waals surface area contributed by atoms with E-state index in [9.17, 15) is 18.4 Å². The van der Waals surface area contributed by atoms with Crippen LogP contribution in [0.15, 0.2) is 96.2 Å². The standard InChI is InChI=1S/C21H19FN2O4.C13H12FNO2/c1-14-3-5-19(18(22)9-14)27-13-16-11-17(7-8-23-16)28-20-6-4-15(12-24-20)10-21(25)26-2;1-9-2-3-13(12(14)6-9)17-8-10-7-11(16)4-5-15-10/h3-9,11-12H,10,13H2,1-2H3;2-7H,8H2,1H3,(H,15,16). The summed E-state index contributed by atoms with van der Waals surface area (Å²) >= 11 is 0. The Bertz CT molecular complexity index is 1790. The van der Waals surface area contributed by atoms with Crippen LogP contribution in [-0.2, 0) is 29.2 Å². The second-order valence-corrected chi connectivity index (χ2v) is 9.84. The summed E-state index contributed by atoms with van der Waals surface area (Å²) in [6.45, 7) is 3.85. The van der Waals surface area contributed by atoms with Gasteiger partial charge in [-0.25, -0.2) is 13.8 Å². The minimum absolute atomic E-state index is 0.0999. The molecule has 0 aliphatic heterocycles. The molecule has 0 fully saturated rings. The Kier molecular flexibility index (Phi) is 11.3. The van der Waals surface area contributed by atoms with Gasteiger partial charge in [0.15, 0.2) is 28.6 Å². The normalized spacial score (nSPS) is 10.3. The van der Waals surface area contributed by atoms with Crippen LogP contribution in [0.3, 0.4) is 0 Å². The number of carbonyl (C=O) groups excluding carboxylic acids is 1. The number of hydrogen-bond donors (Lipinski definition) is 1. The van der Waals surface area contributed by atoms with E-state index in [1.807, 2.05) is 13.8 Å². The molecule has 232 valence electrons. The van der Waals surface area contributed by atoms with Crippen LogP contribution in [0, 0.1) is 25.5 Å². The quantitative estimate of drug-likeness (QED) is 0.179. The Morgan fingerprint density at radius 2 is 1.51 bits per heavy atom. The Morgan fingerprint density at radius 1 is 0.822 bits per heavy atom. The third-order valence-corrected chi connectivity index (χ3v) is 6.15. The molecule has 0 saturated carbocycles. The van der Waals surface area contributed by atoms with Gasteiger partial charge < -0.3 is 23.9 Å². The number of nitrogens with one attached hydrogen (secondary N) is 1. The first-order valence-electron chi connectivity index (χ1n) is 13.8. The number of nitrogens with zero attached hydrogens (tertiary/aromatic N) is 2. The highest BCUT2D eigenvalue weighted by Crippen LogP contribution is 2.23. The van der Waals surface area contributed by atoms with E-state index in [1.54, 1.807) is 60.9 Å². The number of methoxy groups -OCH3 is 1. The molecule has 2 aromatic carbocycles. The number of rotatable bonds is 10. The number of aryl methyl sites for hydroxylation is 2. The lowest BCUT2D eigenvalue weighted by Gasteiger charge is -2.09. The van der Waals surface area contributed by atoms with E-state index < -0.39 is 11.6 Å². The van der Waals surface area contributed by atoms with Crippen molar-refractivity contribution < 1.29 is 32.5 Å². The molecule has 1 N–H and O–H groups in total. The number of ether oxygens (including phenoxy) is 4. The topological polar surface area (TPSA) is 113 Å². The van der Waals surface area contributed by atoms with E-state index in [4.69, 9.17) is 14.2 Å². The van der Waals surface area contributed by atoms with Crippen molar-refractivity contribution in [2.45, 2.75) is 33.5 Å². The first kappa shape index (κ1) is 32.3. The molecular weight excluding hydrogens is 584 g/mol. The summed E-state index contributed by atoms with van der Waals surface area (Å²) in [5.74, 6) is 0.0931. The predicted octanol–water partition coefficient (Wildman–Crippen LogP) is 6.41. The molecular formula is C34H31F2N3O6. The van der Waals surface area contributed by atoms with Gasteiger partial charge in [0.25, 0.3) is 0 Å². The highest BCUT2D eigenvalue weighted by Gasteiger charge is 2.08. The lowest BCUT2D eigenvalue weighted by Crippen LogP contribution is -2.05. The lowest BCUT2D eigenvalue weighted by molar-refractivity contribution is -0.139. The lowest BCUT2D eigenvalue weighted by atomic mass is 10.2. The van der Waals surface area contributed by atoms with E-state index in [-0.39, 0.29) is 42.5 Å². The van der Waals surface area contributed by atoms with E-state index in [2.05, 4.69) is 19.7 Å². The Labute approximate surface area is 258 Å². The Morgan fingerprint density at radius 3 is 2.11 bits per heavy atom. The molecule has 9 nitrogen and oxygen atoms in total. The molecule has 0 radical (unpaired) electrons. The summed E-state index contributed by atoms with van der Waals surface area (Å²) in [5.41, 5.74) is 3.47. The van der Waals surface area contributed by atoms with Crippen molar-refractivity contribution in [3.05, 3.63) is 141 Å². The minimum Gasteiger partial charge on any atom is -0.484 e. The van der Waals surface area contributed by atoms with Gasteiger partial charge in [-0.2, -0.15) is 0 Å². The maximum Gasteiger partial charge on any atom is 0.310 e. The van der Waals surface area contributed by atoms with Crippen LogP contribution in [0.25, 0.3) is 0 Å². The van der Waals surface area contributed by atoms with Crippen LogP contribution in [0.2, 0.25) is 0 Å². The summed E-state index contributed by atoms with van der Waals surface area (Å²) in [6, 6.07) is 19.1. The molecule has 0 saturated heterocycles. The molecule has 11 heteroatoms. The van der Waals surface area contributed by atoms with Crippen LogP contribution >= 0.6 is 0 Å². The third-order valence-electron chi connectivity index (χ3n) is 6.15. The zero-order chi connectivity index (χ0) is 32.2. The molecule has 0 unspecified atom stereocenters. The highest BCUT2D eigenvalue weighted by atomic mass is 19.1. The van der Waals surface area contributed by atoms with E-state index in [0.29, 0.717) is 23.0 Å². The molecule has 3 heterocycles. The second-order valence-electron chi connectivity index (χ2n) is 9.84. The summed E-state index contributed by atoms with van der Waals surface area (Å²) < 4.78 is 48.4. The number of aromatic amines is 1. The predicted molar refractivity (Wildman–Crippen MR) is 162 cm³/mol. The number of halogens is 2. The smallest absolute Gasteiger partial charge is 0.310 e. The second kappa shape index (κ2) is 15.8. The fourth-order valence-corrected chi connectivity index (χ4v) is 3.86. The van der Waals surface area contributed by atoms with Crippen molar-refractivity contribution in [1.29, 1.82) is 0 Å². The molecule has 0 aliphatic carbocycles. The van der Waals surface area contributed by atoms with Crippen LogP contribution in [0.5, 0.6) is 23.1 Å².